The number of pyridine rings is 1. The van der Waals surface area contributed by atoms with Crippen molar-refractivity contribution in [3.63, 3.8) is 0 Å². The van der Waals surface area contributed by atoms with Gasteiger partial charge in [-0.15, -0.1) is 0 Å². The van der Waals surface area contributed by atoms with Crippen LogP contribution >= 0.6 is 0 Å². The Balaban J connectivity index is 2.71. The Morgan fingerprint density at radius 3 is 2.40 bits per heavy atom. The molecule has 3 N–H and O–H groups in total. The monoisotopic (exact) mass is 209 g/mol. The maximum atomic E-state index is 9.73. The quantitative estimate of drug-likeness (QED) is 0.602. The molecule has 0 saturated heterocycles. The van der Waals surface area contributed by atoms with Crippen LogP contribution in [-0.2, 0) is 0 Å². The second kappa shape index (κ2) is 5.25. The van der Waals surface area contributed by atoms with Gasteiger partial charge in [0.15, 0.2) is 0 Å². The van der Waals surface area contributed by atoms with Crippen molar-refractivity contribution in [3.05, 3.63) is 24.0 Å². The molecule has 0 bridgehead atoms. The van der Waals surface area contributed by atoms with Crippen LogP contribution in [-0.4, -0.2) is 27.3 Å². The molecular formula is C10H16BNO3. The van der Waals surface area contributed by atoms with Gasteiger partial charge < -0.3 is 15.2 Å². The third-order valence-corrected chi connectivity index (χ3v) is 2.14. The Morgan fingerprint density at radius 2 is 2.00 bits per heavy atom. The first-order valence-corrected chi connectivity index (χ1v) is 5.00. The van der Waals surface area contributed by atoms with Crippen molar-refractivity contribution < 1.29 is 15.2 Å². The van der Waals surface area contributed by atoms with Gasteiger partial charge in [0.25, 0.3) is 0 Å². The maximum absolute atomic E-state index is 9.73. The highest BCUT2D eigenvalue weighted by Crippen LogP contribution is 2.17. The van der Waals surface area contributed by atoms with E-state index in [1.165, 1.54) is 6.20 Å². The molecule has 1 rings (SSSR count). The lowest BCUT2D eigenvalue weighted by atomic mass is 9.81. The summed E-state index contributed by atoms with van der Waals surface area (Å²) in [6.07, 6.45) is 1.42. The zero-order valence-electron chi connectivity index (χ0n) is 8.96. The van der Waals surface area contributed by atoms with Gasteiger partial charge in [-0.1, -0.05) is 19.9 Å². The Kier molecular flexibility index (Phi) is 4.26. The van der Waals surface area contributed by atoms with E-state index in [-0.39, 0.29) is 0 Å². The molecule has 1 unspecified atom stereocenters. The molecule has 5 heteroatoms. The fourth-order valence-corrected chi connectivity index (χ4v) is 1.33. The Labute approximate surface area is 89.8 Å². The standard InChI is InChI=1S/C10H16BNO3/c1-7(2)5-10(13)9-4-3-8(6-12-9)11(14)15/h3-4,6-7,10,13-15H,5H2,1-2H3. The maximum Gasteiger partial charge on any atom is 0.490 e. The van der Waals surface area contributed by atoms with E-state index in [0.717, 1.165) is 0 Å². The van der Waals surface area contributed by atoms with Crippen molar-refractivity contribution in [2.75, 3.05) is 0 Å². The summed E-state index contributed by atoms with van der Waals surface area (Å²) in [5.41, 5.74) is 0.892. The van der Waals surface area contributed by atoms with Gasteiger partial charge in [0.2, 0.25) is 0 Å². The fourth-order valence-electron chi connectivity index (χ4n) is 1.33. The average Bonchev–Trinajstić information content (AvgIpc) is 2.17. The highest BCUT2D eigenvalue weighted by atomic mass is 16.4. The largest absolute Gasteiger partial charge is 0.490 e. The van der Waals surface area contributed by atoms with Gasteiger partial charge in [-0.3, -0.25) is 4.98 Å². The molecule has 0 saturated carbocycles. The molecule has 0 spiro atoms. The van der Waals surface area contributed by atoms with Crippen molar-refractivity contribution in [1.82, 2.24) is 4.98 Å². The van der Waals surface area contributed by atoms with Crippen molar-refractivity contribution in [2.24, 2.45) is 5.92 Å². The number of aliphatic hydroxyl groups excluding tert-OH is 1. The normalized spacial score (nSPS) is 12.9. The summed E-state index contributed by atoms with van der Waals surface area (Å²) in [5, 5.41) is 27.4. The summed E-state index contributed by atoms with van der Waals surface area (Å²) in [5.74, 6) is 0.393. The van der Waals surface area contributed by atoms with E-state index >= 15 is 0 Å². The molecule has 82 valence electrons. The van der Waals surface area contributed by atoms with E-state index in [1.807, 2.05) is 13.8 Å². The van der Waals surface area contributed by atoms with E-state index in [9.17, 15) is 5.11 Å². The fraction of sp³-hybridized carbons (Fsp3) is 0.500. The molecule has 0 aromatic carbocycles. The topological polar surface area (TPSA) is 73.6 Å². The highest BCUT2D eigenvalue weighted by molar-refractivity contribution is 6.58. The van der Waals surface area contributed by atoms with Gasteiger partial charge in [0.1, 0.15) is 0 Å². The van der Waals surface area contributed by atoms with Gasteiger partial charge >= 0.3 is 7.12 Å². The summed E-state index contributed by atoms with van der Waals surface area (Å²) in [4.78, 5) is 3.98. The molecule has 1 aromatic rings. The van der Waals surface area contributed by atoms with Crippen molar-refractivity contribution in [2.45, 2.75) is 26.4 Å². The summed E-state index contributed by atoms with van der Waals surface area (Å²) < 4.78 is 0. The van der Waals surface area contributed by atoms with E-state index in [2.05, 4.69) is 4.98 Å². The molecule has 4 nitrogen and oxygen atoms in total. The zero-order valence-corrected chi connectivity index (χ0v) is 8.96. The molecule has 0 radical (unpaired) electrons. The molecule has 1 heterocycles. The number of hydrogen-bond donors (Lipinski definition) is 3. The van der Waals surface area contributed by atoms with Gasteiger partial charge in [-0.05, 0) is 18.4 Å². The summed E-state index contributed by atoms with van der Waals surface area (Å²) in [6, 6.07) is 3.17. The van der Waals surface area contributed by atoms with Crippen LogP contribution < -0.4 is 5.46 Å². The predicted molar refractivity (Wildman–Crippen MR) is 58.5 cm³/mol. The van der Waals surface area contributed by atoms with E-state index in [1.54, 1.807) is 12.1 Å². The van der Waals surface area contributed by atoms with Crippen LogP contribution in [0.2, 0.25) is 0 Å². The number of nitrogens with zero attached hydrogens (tertiary/aromatic N) is 1. The average molecular weight is 209 g/mol. The molecule has 1 aromatic heterocycles. The molecule has 0 aliphatic rings. The minimum Gasteiger partial charge on any atom is -0.423 e. The van der Waals surface area contributed by atoms with Crippen LogP contribution in [0.15, 0.2) is 18.3 Å². The number of aliphatic hydroxyl groups is 1. The first-order chi connectivity index (χ1) is 7.00. The van der Waals surface area contributed by atoms with Crippen molar-refractivity contribution in [1.29, 1.82) is 0 Å². The number of aromatic nitrogens is 1. The van der Waals surface area contributed by atoms with Crippen molar-refractivity contribution in [3.8, 4) is 0 Å². The number of rotatable bonds is 4. The second-order valence-corrected chi connectivity index (χ2v) is 4.04. The van der Waals surface area contributed by atoms with Crippen LogP contribution in [0.3, 0.4) is 0 Å². The van der Waals surface area contributed by atoms with Crippen molar-refractivity contribution >= 4 is 12.6 Å². The summed E-state index contributed by atoms with van der Waals surface area (Å²) in [7, 11) is -1.51. The Hall–Kier alpha value is -0.905. The van der Waals surface area contributed by atoms with Crippen LogP contribution in [0, 0.1) is 5.92 Å². The number of hydrogen-bond acceptors (Lipinski definition) is 4. The van der Waals surface area contributed by atoms with Gasteiger partial charge in [-0.2, -0.15) is 0 Å². The van der Waals surface area contributed by atoms with E-state index in [4.69, 9.17) is 10.0 Å². The smallest absolute Gasteiger partial charge is 0.423 e. The van der Waals surface area contributed by atoms with Crippen LogP contribution in [0.4, 0.5) is 0 Å². The van der Waals surface area contributed by atoms with Gasteiger partial charge in [0.05, 0.1) is 11.8 Å². The van der Waals surface area contributed by atoms with Gasteiger partial charge in [-0.25, -0.2) is 0 Å². The lowest BCUT2D eigenvalue weighted by Crippen LogP contribution is -2.30. The Bertz CT molecular complexity index is 300. The summed E-state index contributed by atoms with van der Waals surface area (Å²) in [6.45, 7) is 4.05. The second-order valence-electron chi connectivity index (χ2n) is 4.04. The lowest BCUT2D eigenvalue weighted by molar-refractivity contribution is 0.146. The van der Waals surface area contributed by atoms with Crippen LogP contribution in [0.25, 0.3) is 0 Å². The molecule has 0 aliphatic heterocycles. The minimum atomic E-state index is -1.51. The molecule has 0 aliphatic carbocycles. The van der Waals surface area contributed by atoms with E-state index in [0.29, 0.717) is 23.5 Å². The molecule has 15 heavy (non-hydrogen) atoms. The first kappa shape index (κ1) is 12.2. The minimum absolute atomic E-state index is 0.329. The van der Waals surface area contributed by atoms with Crippen LogP contribution in [0.5, 0.6) is 0 Å². The summed E-state index contributed by atoms with van der Waals surface area (Å²) >= 11 is 0. The molecule has 0 amide bonds. The Morgan fingerprint density at radius 1 is 1.33 bits per heavy atom. The third kappa shape index (κ3) is 3.62. The predicted octanol–water partition coefficient (Wildman–Crippen LogP) is -0.159. The molecule has 1 atom stereocenters. The SMILES string of the molecule is CC(C)CC(O)c1ccc(B(O)O)cn1. The third-order valence-electron chi connectivity index (χ3n) is 2.14. The highest BCUT2D eigenvalue weighted by Gasteiger charge is 2.14. The zero-order chi connectivity index (χ0) is 11.4. The first-order valence-electron chi connectivity index (χ1n) is 5.00. The van der Waals surface area contributed by atoms with Gasteiger partial charge in [0, 0.05) is 11.7 Å². The van der Waals surface area contributed by atoms with E-state index < -0.39 is 13.2 Å². The molecular weight excluding hydrogens is 193 g/mol. The van der Waals surface area contributed by atoms with Crippen LogP contribution in [0.1, 0.15) is 32.1 Å². The lowest BCUT2D eigenvalue weighted by Gasteiger charge is -2.12. The molecule has 0 fully saturated rings.